The molecule has 0 spiro atoms. The molecule has 1 heterocycles. The van der Waals surface area contributed by atoms with Gasteiger partial charge in [-0.25, -0.2) is 0 Å². The number of hydrogen-bond acceptors (Lipinski definition) is 1. The first-order valence-corrected chi connectivity index (χ1v) is 10.5. The molecule has 2 unspecified atom stereocenters. The Bertz CT molecular complexity index is 414. The lowest BCUT2D eigenvalue weighted by Crippen LogP contribution is -2.24. The molecule has 1 aromatic carbocycles. The van der Waals surface area contributed by atoms with Crippen LogP contribution in [0.4, 0.5) is 0 Å². The molecular formula is C23H38O. The standard InChI is InChI=1S/C23H38O/c1-3-5-7-9-11-20-13-15-21(16-14-20)22-17-18-23(24-19-22)12-10-8-6-4-2/h13-16,22-23H,3-12,17-19H2,1-2H3. The third kappa shape index (κ3) is 6.97. The minimum Gasteiger partial charge on any atom is -0.378 e. The molecule has 2 rings (SSSR count). The molecule has 0 saturated carbocycles. The van der Waals surface area contributed by atoms with Gasteiger partial charge in [0.2, 0.25) is 0 Å². The van der Waals surface area contributed by atoms with Crippen molar-refractivity contribution in [1.82, 2.24) is 0 Å². The average molecular weight is 331 g/mol. The van der Waals surface area contributed by atoms with Gasteiger partial charge in [0.05, 0.1) is 12.7 Å². The SMILES string of the molecule is CCCCCCc1ccc(C2CCC(CCCCCC)OC2)cc1. The fourth-order valence-corrected chi connectivity index (χ4v) is 3.81. The molecule has 1 aromatic rings. The number of aryl methyl sites for hydroxylation is 1. The summed E-state index contributed by atoms with van der Waals surface area (Å²) in [6, 6.07) is 9.39. The lowest BCUT2D eigenvalue weighted by Gasteiger charge is -2.29. The number of rotatable bonds is 11. The van der Waals surface area contributed by atoms with Crippen molar-refractivity contribution < 1.29 is 4.74 Å². The summed E-state index contributed by atoms with van der Waals surface area (Å²) >= 11 is 0. The smallest absolute Gasteiger partial charge is 0.0575 e. The Kier molecular flexibility index (Phi) is 9.50. The summed E-state index contributed by atoms with van der Waals surface area (Å²) in [5.74, 6) is 0.617. The van der Waals surface area contributed by atoms with Gasteiger partial charge in [-0.2, -0.15) is 0 Å². The molecule has 2 atom stereocenters. The van der Waals surface area contributed by atoms with Gasteiger partial charge < -0.3 is 4.74 Å². The maximum atomic E-state index is 6.15. The fourth-order valence-electron chi connectivity index (χ4n) is 3.81. The van der Waals surface area contributed by atoms with Crippen molar-refractivity contribution in [3.8, 4) is 0 Å². The highest BCUT2D eigenvalue weighted by Crippen LogP contribution is 2.30. The largest absolute Gasteiger partial charge is 0.378 e. The van der Waals surface area contributed by atoms with E-state index in [1.165, 1.54) is 88.2 Å². The molecule has 1 nitrogen and oxygen atoms in total. The van der Waals surface area contributed by atoms with Crippen LogP contribution in [0.3, 0.4) is 0 Å². The molecule has 0 amide bonds. The van der Waals surface area contributed by atoms with Gasteiger partial charge in [0.1, 0.15) is 0 Å². The zero-order valence-electron chi connectivity index (χ0n) is 16.1. The fraction of sp³-hybridized carbons (Fsp3) is 0.739. The van der Waals surface area contributed by atoms with Crippen LogP contribution >= 0.6 is 0 Å². The summed E-state index contributed by atoms with van der Waals surface area (Å²) in [5, 5.41) is 0. The number of unbranched alkanes of at least 4 members (excludes halogenated alkanes) is 6. The summed E-state index contributed by atoms with van der Waals surface area (Å²) in [6.45, 7) is 5.48. The Hall–Kier alpha value is -0.820. The van der Waals surface area contributed by atoms with Crippen molar-refractivity contribution >= 4 is 0 Å². The second kappa shape index (κ2) is 11.7. The minimum atomic E-state index is 0.524. The van der Waals surface area contributed by atoms with E-state index in [2.05, 4.69) is 38.1 Å². The molecule has 1 saturated heterocycles. The highest BCUT2D eigenvalue weighted by Gasteiger charge is 2.22. The van der Waals surface area contributed by atoms with Crippen LogP contribution in [-0.2, 0) is 11.2 Å². The zero-order chi connectivity index (χ0) is 17.0. The molecule has 0 bridgehead atoms. The quantitative estimate of drug-likeness (QED) is 0.395. The number of ether oxygens (including phenoxy) is 1. The first-order valence-electron chi connectivity index (χ1n) is 10.5. The molecule has 0 aliphatic carbocycles. The second-order valence-electron chi connectivity index (χ2n) is 7.63. The monoisotopic (exact) mass is 330 g/mol. The van der Waals surface area contributed by atoms with Gasteiger partial charge in [-0.3, -0.25) is 0 Å². The minimum absolute atomic E-state index is 0.524. The van der Waals surface area contributed by atoms with Crippen molar-refractivity contribution in [2.45, 2.75) is 103 Å². The Morgan fingerprint density at radius 3 is 2.17 bits per heavy atom. The van der Waals surface area contributed by atoms with E-state index < -0.39 is 0 Å². The van der Waals surface area contributed by atoms with Crippen molar-refractivity contribution in [1.29, 1.82) is 0 Å². The molecule has 0 aromatic heterocycles. The number of hydrogen-bond donors (Lipinski definition) is 0. The molecule has 136 valence electrons. The Morgan fingerprint density at radius 2 is 1.54 bits per heavy atom. The summed E-state index contributed by atoms with van der Waals surface area (Å²) in [4.78, 5) is 0. The third-order valence-corrected chi connectivity index (χ3v) is 5.52. The van der Waals surface area contributed by atoms with E-state index in [0.717, 1.165) is 6.61 Å². The Balaban J connectivity index is 1.68. The third-order valence-electron chi connectivity index (χ3n) is 5.52. The molecule has 24 heavy (non-hydrogen) atoms. The molecule has 0 radical (unpaired) electrons. The van der Waals surface area contributed by atoms with Crippen molar-refractivity contribution in [3.63, 3.8) is 0 Å². The zero-order valence-corrected chi connectivity index (χ0v) is 16.1. The van der Waals surface area contributed by atoms with Crippen LogP contribution in [0.5, 0.6) is 0 Å². The van der Waals surface area contributed by atoms with E-state index in [1.807, 2.05) is 0 Å². The molecular weight excluding hydrogens is 292 g/mol. The molecule has 1 aliphatic rings. The molecule has 1 heteroatoms. The van der Waals surface area contributed by atoms with Crippen LogP contribution in [-0.4, -0.2) is 12.7 Å². The second-order valence-corrected chi connectivity index (χ2v) is 7.63. The van der Waals surface area contributed by atoms with Gasteiger partial charge in [-0.15, -0.1) is 0 Å². The summed E-state index contributed by atoms with van der Waals surface area (Å²) in [7, 11) is 0. The van der Waals surface area contributed by atoms with E-state index in [0.29, 0.717) is 12.0 Å². The van der Waals surface area contributed by atoms with Crippen molar-refractivity contribution in [3.05, 3.63) is 35.4 Å². The topological polar surface area (TPSA) is 9.23 Å². The van der Waals surface area contributed by atoms with Crippen LogP contribution in [0.15, 0.2) is 24.3 Å². The summed E-state index contributed by atoms with van der Waals surface area (Å²) < 4.78 is 6.15. The Morgan fingerprint density at radius 1 is 0.833 bits per heavy atom. The first kappa shape index (κ1) is 19.5. The predicted molar refractivity (Wildman–Crippen MR) is 105 cm³/mol. The van der Waals surface area contributed by atoms with Crippen LogP contribution < -0.4 is 0 Å². The molecule has 1 fully saturated rings. The van der Waals surface area contributed by atoms with Gasteiger partial charge in [0.15, 0.2) is 0 Å². The van der Waals surface area contributed by atoms with E-state index in [9.17, 15) is 0 Å². The van der Waals surface area contributed by atoms with Gasteiger partial charge in [-0.1, -0.05) is 83.1 Å². The van der Waals surface area contributed by atoms with E-state index in [1.54, 1.807) is 0 Å². The van der Waals surface area contributed by atoms with E-state index >= 15 is 0 Å². The Labute approximate surface area is 150 Å². The summed E-state index contributed by atoms with van der Waals surface area (Å²) in [5.41, 5.74) is 2.98. The highest BCUT2D eigenvalue weighted by molar-refractivity contribution is 5.26. The summed E-state index contributed by atoms with van der Waals surface area (Å²) in [6.07, 6.45) is 16.4. The lowest BCUT2D eigenvalue weighted by molar-refractivity contribution is -0.00212. The predicted octanol–water partition coefficient (Wildman–Crippen LogP) is 7.04. The molecule has 1 aliphatic heterocycles. The van der Waals surface area contributed by atoms with Gasteiger partial charge >= 0.3 is 0 Å². The van der Waals surface area contributed by atoms with Gasteiger partial charge in [-0.05, 0) is 43.2 Å². The normalized spacial score (nSPS) is 21.1. The van der Waals surface area contributed by atoms with Gasteiger partial charge in [0.25, 0.3) is 0 Å². The van der Waals surface area contributed by atoms with Crippen LogP contribution in [0, 0.1) is 0 Å². The number of benzene rings is 1. The van der Waals surface area contributed by atoms with Crippen LogP contribution in [0.25, 0.3) is 0 Å². The average Bonchev–Trinajstić information content (AvgIpc) is 2.64. The van der Waals surface area contributed by atoms with Gasteiger partial charge in [0, 0.05) is 5.92 Å². The van der Waals surface area contributed by atoms with Crippen molar-refractivity contribution in [2.24, 2.45) is 0 Å². The van der Waals surface area contributed by atoms with E-state index in [4.69, 9.17) is 4.74 Å². The molecule has 0 N–H and O–H groups in total. The maximum Gasteiger partial charge on any atom is 0.0575 e. The highest BCUT2D eigenvalue weighted by atomic mass is 16.5. The van der Waals surface area contributed by atoms with Crippen LogP contribution in [0.1, 0.15) is 102 Å². The first-order chi connectivity index (χ1) is 11.8. The lowest BCUT2D eigenvalue weighted by atomic mass is 9.89. The van der Waals surface area contributed by atoms with E-state index in [-0.39, 0.29) is 0 Å². The van der Waals surface area contributed by atoms with Crippen molar-refractivity contribution in [2.75, 3.05) is 6.61 Å². The maximum absolute atomic E-state index is 6.15. The van der Waals surface area contributed by atoms with Crippen LogP contribution in [0.2, 0.25) is 0 Å².